The third-order valence-electron chi connectivity index (χ3n) is 3.86. The van der Waals surface area contributed by atoms with Crippen LogP contribution in [0.2, 0.25) is 5.02 Å². The number of nitrogens with two attached hydrogens (primary N) is 1. The summed E-state index contributed by atoms with van der Waals surface area (Å²) in [6.45, 7) is 5.39. The molecule has 1 unspecified atom stereocenters. The van der Waals surface area contributed by atoms with Crippen molar-refractivity contribution in [2.24, 2.45) is 11.7 Å². The fraction of sp³-hybridized carbons (Fsp3) is 0.571. The zero-order valence-electron chi connectivity index (χ0n) is 10.8. The molecule has 18 heavy (non-hydrogen) atoms. The predicted molar refractivity (Wildman–Crippen MR) is 80.5 cm³/mol. The Bertz CT molecular complexity index is 363. The van der Waals surface area contributed by atoms with Gasteiger partial charge in [-0.2, -0.15) is 0 Å². The molecule has 0 radical (unpaired) electrons. The topological polar surface area (TPSA) is 29.3 Å². The van der Waals surface area contributed by atoms with Gasteiger partial charge in [0.1, 0.15) is 0 Å². The fourth-order valence-corrected chi connectivity index (χ4v) is 2.75. The monoisotopic (exact) mass is 288 g/mol. The Morgan fingerprint density at radius 1 is 1.39 bits per heavy atom. The summed E-state index contributed by atoms with van der Waals surface area (Å²) in [6.07, 6.45) is 2.45. The normalized spacial score (nSPS) is 19.3. The van der Waals surface area contributed by atoms with Crippen molar-refractivity contribution < 1.29 is 0 Å². The molecule has 1 aliphatic rings. The van der Waals surface area contributed by atoms with E-state index in [2.05, 4.69) is 24.0 Å². The van der Waals surface area contributed by atoms with Crippen molar-refractivity contribution in [3.63, 3.8) is 0 Å². The van der Waals surface area contributed by atoms with E-state index >= 15 is 0 Å². The Morgan fingerprint density at radius 3 is 2.61 bits per heavy atom. The number of rotatable bonds is 3. The molecule has 2 nitrogen and oxygen atoms in total. The molecule has 0 amide bonds. The quantitative estimate of drug-likeness (QED) is 0.923. The van der Waals surface area contributed by atoms with Crippen molar-refractivity contribution in [1.29, 1.82) is 0 Å². The van der Waals surface area contributed by atoms with Crippen LogP contribution < -0.4 is 5.73 Å². The molecule has 1 atom stereocenters. The molecule has 4 heteroatoms. The van der Waals surface area contributed by atoms with Gasteiger partial charge < -0.3 is 5.73 Å². The van der Waals surface area contributed by atoms with Gasteiger partial charge in [-0.25, -0.2) is 0 Å². The van der Waals surface area contributed by atoms with Gasteiger partial charge in [-0.15, -0.1) is 12.4 Å². The maximum absolute atomic E-state index is 6.04. The molecule has 1 aliphatic heterocycles. The lowest BCUT2D eigenvalue weighted by atomic mass is 9.95. The van der Waals surface area contributed by atoms with Gasteiger partial charge >= 0.3 is 0 Å². The molecule has 2 rings (SSSR count). The van der Waals surface area contributed by atoms with Crippen LogP contribution in [0.25, 0.3) is 0 Å². The van der Waals surface area contributed by atoms with Crippen LogP contribution in [0.4, 0.5) is 0 Å². The van der Waals surface area contributed by atoms with Crippen LogP contribution in [0.1, 0.15) is 31.4 Å². The Kier molecular flexibility index (Phi) is 6.44. The Balaban J connectivity index is 0.00000162. The zero-order chi connectivity index (χ0) is 12.3. The van der Waals surface area contributed by atoms with Gasteiger partial charge in [-0.3, -0.25) is 4.90 Å². The van der Waals surface area contributed by atoms with Gasteiger partial charge in [0, 0.05) is 11.1 Å². The minimum absolute atomic E-state index is 0. The number of hydrogen-bond acceptors (Lipinski definition) is 2. The molecule has 2 N–H and O–H groups in total. The lowest BCUT2D eigenvalue weighted by Crippen LogP contribution is -2.37. The first-order valence-electron chi connectivity index (χ1n) is 6.40. The molecule has 0 aliphatic carbocycles. The van der Waals surface area contributed by atoms with Gasteiger partial charge in [-0.05, 0) is 63.0 Å². The fourth-order valence-electron chi connectivity index (χ4n) is 2.55. The van der Waals surface area contributed by atoms with Crippen molar-refractivity contribution in [3.8, 4) is 0 Å². The SMILES string of the molecule is CC(c1cccc(Cl)c1)N1CCC(CN)CC1.Cl. The predicted octanol–water partition coefficient (Wildman–Crippen LogP) is 3.49. The lowest BCUT2D eigenvalue weighted by molar-refractivity contribution is 0.143. The number of benzene rings is 1. The summed E-state index contributed by atoms with van der Waals surface area (Å²) >= 11 is 6.04. The van der Waals surface area contributed by atoms with E-state index in [0.717, 1.165) is 30.6 Å². The van der Waals surface area contributed by atoms with Crippen LogP contribution in [0.15, 0.2) is 24.3 Å². The number of nitrogens with zero attached hydrogens (tertiary/aromatic N) is 1. The summed E-state index contributed by atoms with van der Waals surface area (Å²) in [5.74, 6) is 0.720. The van der Waals surface area contributed by atoms with E-state index in [-0.39, 0.29) is 12.4 Å². The highest BCUT2D eigenvalue weighted by Gasteiger charge is 2.22. The van der Waals surface area contributed by atoms with E-state index in [0.29, 0.717) is 6.04 Å². The summed E-state index contributed by atoms with van der Waals surface area (Å²) < 4.78 is 0. The largest absolute Gasteiger partial charge is 0.330 e. The Hall–Kier alpha value is -0.280. The van der Waals surface area contributed by atoms with Crippen molar-refractivity contribution in [2.45, 2.75) is 25.8 Å². The molecule has 0 saturated carbocycles. The molecule has 1 aromatic rings. The lowest BCUT2D eigenvalue weighted by Gasteiger charge is -2.36. The first-order chi connectivity index (χ1) is 8.20. The summed E-state index contributed by atoms with van der Waals surface area (Å²) in [7, 11) is 0. The molecule has 1 aromatic carbocycles. The standard InChI is InChI=1S/C14H21ClN2.ClH/c1-11(13-3-2-4-14(15)9-13)17-7-5-12(10-16)6-8-17;/h2-4,9,11-12H,5-8,10,16H2,1H3;1H. The number of piperidine rings is 1. The van der Waals surface area contributed by atoms with Gasteiger partial charge in [-0.1, -0.05) is 23.7 Å². The van der Waals surface area contributed by atoms with E-state index in [1.54, 1.807) is 0 Å². The van der Waals surface area contributed by atoms with Crippen molar-refractivity contribution in [3.05, 3.63) is 34.9 Å². The zero-order valence-corrected chi connectivity index (χ0v) is 12.4. The average molecular weight is 289 g/mol. The molecule has 0 bridgehead atoms. The second-order valence-corrected chi connectivity index (χ2v) is 5.38. The number of halogens is 2. The highest BCUT2D eigenvalue weighted by atomic mass is 35.5. The van der Waals surface area contributed by atoms with Crippen LogP contribution in [-0.2, 0) is 0 Å². The second kappa shape index (κ2) is 7.34. The van der Waals surface area contributed by atoms with Crippen molar-refractivity contribution >= 4 is 24.0 Å². The molecule has 1 saturated heterocycles. The summed E-state index contributed by atoms with van der Waals surface area (Å²) in [5.41, 5.74) is 7.03. The second-order valence-electron chi connectivity index (χ2n) is 4.95. The molecule has 102 valence electrons. The average Bonchev–Trinajstić information content (AvgIpc) is 2.38. The summed E-state index contributed by atoms with van der Waals surface area (Å²) in [4.78, 5) is 2.53. The molecule has 0 aromatic heterocycles. The van der Waals surface area contributed by atoms with Crippen LogP contribution in [0.3, 0.4) is 0 Å². The van der Waals surface area contributed by atoms with E-state index in [4.69, 9.17) is 17.3 Å². The molecule has 1 fully saturated rings. The maximum Gasteiger partial charge on any atom is 0.0409 e. The molecular formula is C14H22Cl2N2. The third-order valence-corrected chi connectivity index (χ3v) is 4.10. The maximum atomic E-state index is 6.04. The Labute approximate surface area is 121 Å². The number of hydrogen-bond donors (Lipinski definition) is 1. The van der Waals surface area contributed by atoms with Gasteiger partial charge in [0.05, 0.1) is 0 Å². The summed E-state index contributed by atoms with van der Waals surface area (Å²) in [5, 5.41) is 0.825. The van der Waals surface area contributed by atoms with Crippen LogP contribution in [-0.4, -0.2) is 24.5 Å². The highest BCUT2D eigenvalue weighted by Crippen LogP contribution is 2.27. The minimum Gasteiger partial charge on any atom is -0.330 e. The van der Waals surface area contributed by atoms with Crippen molar-refractivity contribution in [1.82, 2.24) is 4.90 Å². The van der Waals surface area contributed by atoms with Crippen LogP contribution >= 0.6 is 24.0 Å². The van der Waals surface area contributed by atoms with Crippen LogP contribution in [0, 0.1) is 5.92 Å². The minimum atomic E-state index is 0. The smallest absolute Gasteiger partial charge is 0.0409 e. The van der Waals surface area contributed by atoms with Gasteiger partial charge in [0.2, 0.25) is 0 Å². The van der Waals surface area contributed by atoms with Crippen molar-refractivity contribution in [2.75, 3.05) is 19.6 Å². The highest BCUT2D eigenvalue weighted by molar-refractivity contribution is 6.30. The molecule has 0 spiro atoms. The molecular weight excluding hydrogens is 267 g/mol. The first kappa shape index (κ1) is 15.8. The van der Waals surface area contributed by atoms with Crippen LogP contribution in [0.5, 0.6) is 0 Å². The molecule has 1 heterocycles. The van der Waals surface area contributed by atoms with E-state index in [9.17, 15) is 0 Å². The van der Waals surface area contributed by atoms with Gasteiger partial charge in [0.25, 0.3) is 0 Å². The first-order valence-corrected chi connectivity index (χ1v) is 6.78. The summed E-state index contributed by atoms with van der Waals surface area (Å²) in [6, 6.07) is 8.64. The third kappa shape index (κ3) is 3.86. The van der Waals surface area contributed by atoms with Gasteiger partial charge in [0.15, 0.2) is 0 Å². The Morgan fingerprint density at radius 2 is 2.06 bits per heavy atom. The van der Waals surface area contributed by atoms with E-state index < -0.39 is 0 Å². The van der Waals surface area contributed by atoms with E-state index in [1.807, 2.05) is 12.1 Å². The van der Waals surface area contributed by atoms with E-state index in [1.165, 1.54) is 18.4 Å². The number of likely N-dealkylation sites (tertiary alicyclic amines) is 1.